The van der Waals surface area contributed by atoms with Gasteiger partial charge in [-0.05, 0) is 42.6 Å². The molecule has 4 rings (SSSR count). The maximum absolute atomic E-state index is 11.7. The average molecular weight is 403 g/mol. The first-order valence-electron chi connectivity index (χ1n) is 9.35. The highest BCUT2D eigenvalue weighted by Crippen LogP contribution is 2.37. The highest BCUT2D eigenvalue weighted by atomic mass is 35.5. The predicted molar refractivity (Wildman–Crippen MR) is 110 cm³/mol. The molecule has 1 unspecified atom stereocenters. The molecular formula is C22H27ClN2O3. The lowest BCUT2D eigenvalue weighted by Crippen LogP contribution is -2.34. The van der Waals surface area contributed by atoms with Crippen LogP contribution in [-0.4, -0.2) is 41.5 Å². The van der Waals surface area contributed by atoms with Crippen molar-refractivity contribution in [3.05, 3.63) is 70.3 Å². The molecule has 150 valence electrons. The summed E-state index contributed by atoms with van der Waals surface area (Å²) in [6.45, 7) is 4.55. The second-order valence-electron chi connectivity index (χ2n) is 7.66. The summed E-state index contributed by atoms with van der Waals surface area (Å²) in [5.41, 5.74) is 4.55. The van der Waals surface area contributed by atoms with E-state index in [1.807, 2.05) is 19.1 Å². The largest absolute Gasteiger partial charge is 0.457 e. The summed E-state index contributed by atoms with van der Waals surface area (Å²) in [5.74, 6) is 0.296. The fourth-order valence-electron chi connectivity index (χ4n) is 4.40. The zero-order chi connectivity index (χ0) is 19.0. The molecule has 0 bridgehead atoms. The number of aliphatic hydroxyl groups is 1. The lowest BCUT2D eigenvalue weighted by Gasteiger charge is -2.28. The molecule has 1 fully saturated rings. The Morgan fingerprint density at radius 2 is 2.00 bits per heavy atom. The summed E-state index contributed by atoms with van der Waals surface area (Å²) in [6.07, 6.45) is 0.381. The normalized spacial score (nSPS) is 22.5. The molecule has 2 atom stereocenters. The van der Waals surface area contributed by atoms with E-state index in [1.54, 1.807) is 6.07 Å². The number of rotatable bonds is 5. The molecule has 2 aromatic rings. The van der Waals surface area contributed by atoms with Gasteiger partial charge < -0.3 is 16.0 Å². The Kier molecular flexibility index (Phi) is 6.10. The zero-order valence-corrected chi connectivity index (χ0v) is 16.9. The zero-order valence-electron chi connectivity index (χ0n) is 16.2. The number of aliphatic hydroxyl groups excluding tert-OH is 1. The molecule has 28 heavy (non-hydrogen) atoms. The molecule has 6 heteroatoms. The van der Waals surface area contributed by atoms with Crippen LogP contribution in [0.3, 0.4) is 0 Å². The van der Waals surface area contributed by atoms with E-state index in [4.69, 9.17) is 16.3 Å². The van der Waals surface area contributed by atoms with E-state index in [9.17, 15) is 9.90 Å². The third kappa shape index (κ3) is 3.55. The Hall–Kier alpha value is -1.92. The van der Waals surface area contributed by atoms with Gasteiger partial charge in [-0.15, -0.1) is 11.6 Å². The van der Waals surface area contributed by atoms with Gasteiger partial charge >= 0.3 is 5.97 Å². The number of nitrogens with zero attached hydrogens (tertiary/aromatic N) is 1. The first-order chi connectivity index (χ1) is 13.0. The van der Waals surface area contributed by atoms with E-state index in [0.29, 0.717) is 24.6 Å². The van der Waals surface area contributed by atoms with Gasteiger partial charge in [0.15, 0.2) is 0 Å². The number of likely N-dealkylation sites (tertiary alicyclic amines) is 1. The summed E-state index contributed by atoms with van der Waals surface area (Å²) in [6, 6.07) is 14.0. The van der Waals surface area contributed by atoms with Crippen LogP contribution in [0.15, 0.2) is 42.5 Å². The summed E-state index contributed by atoms with van der Waals surface area (Å²) >= 11 is 6.39. The van der Waals surface area contributed by atoms with Gasteiger partial charge in [0.1, 0.15) is 6.61 Å². The second-order valence-corrected chi connectivity index (χ2v) is 7.93. The highest BCUT2D eigenvalue weighted by molar-refractivity contribution is 6.18. The standard InChI is InChI=1S/C22H24ClNO3.H3N/c1-15-17(7-8-18-19(15)12-27-21(18)26)20(25)11-24-10-9-22(13-23,14-24)16-5-3-2-4-6-16;/h2-8,20,25H,9-14H2,1H3;1H3/t20-,22?;/m0./s1. The van der Waals surface area contributed by atoms with Crippen molar-refractivity contribution >= 4 is 17.6 Å². The van der Waals surface area contributed by atoms with Crippen molar-refractivity contribution in [2.24, 2.45) is 0 Å². The van der Waals surface area contributed by atoms with Gasteiger partial charge in [-0.2, -0.15) is 0 Å². The first-order valence-corrected chi connectivity index (χ1v) is 9.89. The number of β-amino-alcohol motifs (C(OH)–C–C–N with tert-alkyl or cyclic N) is 1. The van der Waals surface area contributed by atoms with Crippen molar-refractivity contribution in [1.82, 2.24) is 11.1 Å². The number of ether oxygens (including phenoxy) is 1. The molecule has 4 N–H and O–H groups in total. The molecule has 2 heterocycles. The Morgan fingerprint density at radius 3 is 2.71 bits per heavy atom. The maximum Gasteiger partial charge on any atom is 0.338 e. The third-order valence-corrected chi connectivity index (χ3v) is 6.58. The molecule has 0 spiro atoms. The van der Waals surface area contributed by atoms with E-state index in [1.165, 1.54) is 5.56 Å². The maximum atomic E-state index is 11.7. The minimum atomic E-state index is -0.604. The van der Waals surface area contributed by atoms with Gasteiger partial charge in [-0.1, -0.05) is 36.4 Å². The number of alkyl halides is 1. The Balaban J connectivity index is 0.00000225. The predicted octanol–water partition coefficient (Wildman–Crippen LogP) is 3.74. The Bertz CT molecular complexity index is 858. The fourth-order valence-corrected chi connectivity index (χ4v) is 4.77. The summed E-state index contributed by atoms with van der Waals surface area (Å²) in [7, 11) is 0. The van der Waals surface area contributed by atoms with Crippen molar-refractivity contribution in [3.63, 3.8) is 0 Å². The number of hydrogen-bond donors (Lipinski definition) is 2. The van der Waals surface area contributed by atoms with E-state index in [-0.39, 0.29) is 17.5 Å². The van der Waals surface area contributed by atoms with E-state index >= 15 is 0 Å². The molecule has 5 nitrogen and oxygen atoms in total. The Labute approximate surface area is 170 Å². The molecular weight excluding hydrogens is 376 g/mol. The van der Waals surface area contributed by atoms with E-state index in [2.05, 4.69) is 29.2 Å². The first kappa shape index (κ1) is 20.8. The van der Waals surface area contributed by atoms with Crippen LogP contribution >= 0.6 is 11.6 Å². The van der Waals surface area contributed by atoms with Crippen LogP contribution in [0.2, 0.25) is 0 Å². The molecule has 1 saturated heterocycles. The summed E-state index contributed by atoms with van der Waals surface area (Å²) in [5, 5.41) is 10.9. The Morgan fingerprint density at radius 1 is 1.25 bits per heavy atom. The number of hydrogen-bond acceptors (Lipinski definition) is 5. The van der Waals surface area contributed by atoms with Crippen LogP contribution in [0.4, 0.5) is 0 Å². The summed E-state index contributed by atoms with van der Waals surface area (Å²) < 4.78 is 5.12. The van der Waals surface area contributed by atoms with Crippen molar-refractivity contribution in [2.45, 2.75) is 31.5 Å². The highest BCUT2D eigenvalue weighted by Gasteiger charge is 2.39. The van der Waals surface area contributed by atoms with E-state index < -0.39 is 6.10 Å². The van der Waals surface area contributed by atoms with Crippen LogP contribution < -0.4 is 6.15 Å². The quantitative estimate of drug-likeness (QED) is 0.587. The molecule has 2 aromatic carbocycles. The fraction of sp³-hybridized carbons (Fsp3) is 0.409. The lowest BCUT2D eigenvalue weighted by atomic mass is 9.81. The molecule has 0 radical (unpaired) electrons. The van der Waals surface area contributed by atoms with Crippen LogP contribution in [0.1, 0.15) is 45.1 Å². The van der Waals surface area contributed by atoms with Gasteiger partial charge in [0.25, 0.3) is 0 Å². The van der Waals surface area contributed by atoms with Crippen molar-refractivity contribution in [2.75, 3.05) is 25.5 Å². The minimum Gasteiger partial charge on any atom is -0.457 e. The monoisotopic (exact) mass is 402 g/mol. The SMILES string of the molecule is Cc1c([C@@H](O)CN2CCC(CCl)(c3ccccc3)C2)ccc2c1COC2=O.N. The molecule has 0 amide bonds. The average Bonchev–Trinajstić information content (AvgIpc) is 3.28. The van der Waals surface area contributed by atoms with Crippen LogP contribution in [0.25, 0.3) is 0 Å². The molecule has 2 aliphatic heterocycles. The number of esters is 1. The van der Waals surface area contributed by atoms with Crippen LogP contribution in [0.5, 0.6) is 0 Å². The van der Waals surface area contributed by atoms with Crippen molar-refractivity contribution in [3.8, 4) is 0 Å². The molecule has 0 saturated carbocycles. The van der Waals surface area contributed by atoms with Crippen LogP contribution in [-0.2, 0) is 16.8 Å². The van der Waals surface area contributed by atoms with Gasteiger partial charge in [0, 0.05) is 29.9 Å². The summed E-state index contributed by atoms with van der Waals surface area (Å²) in [4.78, 5) is 14.0. The number of cyclic esters (lactones) is 1. The topological polar surface area (TPSA) is 84.8 Å². The van der Waals surface area contributed by atoms with Crippen LogP contribution in [0, 0.1) is 6.92 Å². The smallest absolute Gasteiger partial charge is 0.338 e. The van der Waals surface area contributed by atoms with E-state index in [0.717, 1.165) is 36.2 Å². The number of fused-ring (bicyclic) bond motifs is 1. The lowest BCUT2D eigenvalue weighted by molar-refractivity contribution is 0.0535. The molecule has 0 aromatic heterocycles. The van der Waals surface area contributed by atoms with Crippen molar-refractivity contribution < 1.29 is 14.6 Å². The van der Waals surface area contributed by atoms with Gasteiger partial charge in [0.2, 0.25) is 0 Å². The molecule has 0 aliphatic carbocycles. The van der Waals surface area contributed by atoms with Gasteiger partial charge in [0.05, 0.1) is 11.7 Å². The number of carbonyl (C=O) groups excluding carboxylic acids is 1. The molecule has 2 aliphatic rings. The van der Waals surface area contributed by atoms with Gasteiger partial charge in [-0.25, -0.2) is 4.79 Å². The number of benzene rings is 2. The second kappa shape index (κ2) is 8.21. The third-order valence-electron chi connectivity index (χ3n) is 6.07. The van der Waals surface area contributed by atoms with Crippen molar-refractivity contribution in [1.29, 1.82) is 0 Å². The number of halogens is 1. The minimum absolute atomic E-state index is 0. The number of carbonyl (C=O) groups is 1. The van der Waals surface area contributed by atoms with Gasteiger partial charge in [-0.3, -0.25) is 4.90 Å².